The number of aromatic nitrogens is 3. The standard InChI is InChI=1S/C28H23BrN4S/c29-21-16-14-19(15-17-21)24-23-13-7-8-18-32-26(20-9-3-1-4-10-20)31-33(28(23)32)25(24)27(34)30-22-11-5-2-6-12-22/h1-6,9-12,14-17H,7-8,13,18H2,(H,30,34). The molecule has 0 saturated carbocycles. The van der Waals surface area contributed by atoms with Crippen LogP contribution in [0.15, 0.2) is 89.4 Å². The largest absolute Gasteiger partial charge is 0.345 e. The number of anilines is 1. The molecule has 0 aliphatic carbocycles. The smallest absolute Gasteiger partial charge is 0.162 e. The van der Waals surface area contributed by atoms with Crippen molar-refractivity contribution < 1.29 is 0 Å². The van der Waals surface area contributed by atoms with Gasteiger partial charge in [0.05, 0.1) is 0 Å². The second-order valence-corrected chi connectivity index (χ2v) is 9.89. The van der Waals surface area contributed by atoms with E-state index in [2.05, 4.69) is 78.9 Å². The Kier molecular flexibility index (Phi) is 5.55. The molecule has 0 atom stereocenters. The van der Waals surface area contributed by atoms with Crippen LogP contribution in [0, 0.1) is 0 Å². The van der Waals surface area contributed by atoms with Crippen LogP contribution in [0.4, 0.5) is 5.69 Å². The van der Waals surface area contributed by atoms with E-state index in [9.17, 15) is 0 Å². The zero-order chi connectivity index (χ0) is 23.1. The van der Waals surface area contributed by atoms with Gasteiger partial charge in [-0.3, -0.25) is 0 Å². The topological polar surface area (TPSA) is 34.3 Å². The van der Waals surface area contributed by atoms with Gasteiger partial charge in [-0.2, -0.15) is 0 Å². The summed E-state index contributed by atoms with van der Waals surface area (Å²) < 4.78 is 5.53. The highest BCUT2D eigenvalue weighted by Gasteiger charge is 2.29. The first-order valence-electron chi connectivity index (χ1n) is 11.5. The molecule has 0 amide bonds. The normalized spacial score (nSPS) is 13.1. The number of hydrogen-bond donors (Lipinski definition) is 1. The average Bonchev–Trinajstić information content (AvgIpc) is 3.29. The highest BCUT2D eigenvalue weighted by Crippen LogP contribution is 2.39. The Morgan fingerprint density at radius 1 is 0.853 bits per heavy atom. The zero-order valence-corrected chi connectivity index (χ0v) is 20.9. The molecule has 1 aliphatic rings. The van der Waals surface area contributed by atoms with Gasteiger partial charge < -0.3 is 9.88 Å². The van der Waals surface area contributed by atoms with Crippen LogP contribution in [0.5, 0.6) is 0 Å². The summed E-state index contributed by atoms with van der Waals surface area (Å²) in [6.07, 6.45) is 3.27. The quantitative estimate of drug-likeness (QED) is 0.248. The Morgan fingerprint density at radius 3 is 2.29 bits per heavy atom. The molecule has 0 unspecified atom stereocenters. The molecule has 34 heavy (non-hydrogen) atoms. The molecule has 0 fully saturated rings. The first-order chi connectivity index (χ1) is 16.7. The third-order valence-electron chi connectivity index (χ3n) is 6.40. The van der Waals surface area contributed by atoms with Gasteiger partial charge in [-0.05, 0) is 49.1 Å². The van der Waals surface area contributed by atoms with Crippen LogP contribution in [0.1, 0.15) is 24.1 Å². The maximum Gasteiger partial charge on any atom is 0.162 e. The van der Waals surface area contributed by atoms with Crippen molar-refractivity contribution in [2.45, 2.75) is 25.8 Å². The highest BCUT2D eigenvalue weighted by molar-refractivity contribution is 9.10. The monoisotopic (exact) mass is 526 g/mol. The van der Waals surface area contributed by atoms with E-state index < -0.39 is 0 Å². The predicted octanol–water partition coefficient (Wildman–Crippen LogP) is 7.36. The van der Waals surface area contributed by atoms with E-state index in [4.69, 9.17) is 17.3 Å². The molecular formula is C28H23BrN4S. The van der Waals surface area contributed by atoms with E-state index >= 15 is 0 Å². The molecule has 6 heteroatoms. The van der Waals surface area contributed by atoms with Gasteiger partial charge in [0.2, 0.25) is 0 Å². The Labute approximate surface area is 212 Å². The number of benzene rings is 3. The number of rotatable bonds is 4. The van der Waals surface area contributed by atoms with Gasteiger partial charge in [0, 0.05) is 33.4 Å². The van der Waals surface area contributed by atoms with E-state index in [-0.39, 0.29) is 0 Å². The molecule has 6 rings (SSSR count). The average molecular weight is 527 g/mol. The van der Waals surface area contributed by atoms with E-state index in [1.165, 1.54) is 11.1 Å². The summed E-state index contributed by atoms with van der Waals surface area (Å²) >= 11 is 9.62. The number of nitrogens with zero attached hydrogens (tertiary/aromatic N) is 3. The fourth-order valence-corrected chi connectivity index (χ4v) is 5.46. The van der Waals surface area contributed by atoms with Crippen molar-refractivity contribution in [1.29, 1.82) is 0 Å². The van der Waals surface area contributed by atoms with Gasteiger partial charge in [0.1, 0.15) is 16.3 Å². The van der Waals surface area contributed by atoms with Gasteiger partial charge in [-0.25, -0.2) is 4.52 Å². The van der Waals surface area contributed by atoms with Crippen molar-refractivity contribution in [2.75, 3.05) is 5.32 Å². The Balaban J connectivity index is 1.62. The summed E-state index contributed by atoms with van der Waals surface area (Å²) in [6.45, 7) is 0.947. The summed E-state index contributed by atoms with van der Waals surface area (Å²) in [4.78, 5) is 0.676. The second kappa shape index (κ2) is 8.85. The van der Waals surface area contributed by atoms with E-state index in [0.29, 0.717) is 4.99 Å². The number of para-hydroxylation sites is 1. The number of halogens is 1. The first-order valence-corrected chi connectivity index (χ1v) is 12.7. The predicted molar refractivity (Wildman–Crippen MR) is 146 cm³/mol. The van der Waals surface area contributed by atoms with Crippen molar-refractivity contribution in [3.63, 3.8) is 0 Å². The van der Waals surface area contributed by atoms with Crippen molar-refractivity contribution in [2.24, 2.45) is 0 Å². The lowest BCUT2D eigenvalue weighted by Gasteiger charge is -2.12. The second-order valence-electron chi connectivity index (χ2n) is 8.56. The summed E-state index contributed by atoms with van der Waals surface area (Å²) in [7, 11) is 0. The van der Waals surface area contributed by atoms with Gasteiger partial charge >= 0.3 is 0 Å². The molecule has 0 saturated heterocycles. The summed E-state index contributed by atoms with van der Waals surface area (Å²) in [5.41, 5.74) is 7.86. The molecule has 5 aromatic rings. The Hall–Kier alpha value is -3.22. The minimum absolute atomic E-state index is 0.676. The van der Waals surface area contributed by atoms with Gasteiger partial charge in [0.25, 0.3) is 0 Å². The summed E-state index contributed by atoms with van der Waals surface area (Å²) in [5.74, 6) is 0.991. The number of thiocarbonyl (C=S) groups is 1. The van der Waals surface area contributed by atoms with Crippen LogP contribution in [0.25, 0.3) is 28.2 Å². The molecular weight excluding hydrogens is 504 g/mol. The third kappa shape index (κ3) is 3.67. The number of hydrogen-bond acceptors (Lipinski definition) is 2. The van der Waals surface area contributed by atoms with Gasteiger partial charge in [-0.15, -0.1) is 5.10 Å². The van der Waals surface area contributed by atoms with Crippen molar-refractivity contribution in [3.8, 4) is 22.5 Å². The molecule has 1 aliphatic heterocycles. The van der Waals surface area contributed by atoms with Gasteiger partial charge in [-0.1, -0.05) is 88.8 Å². The maximum atomic E-state index is 6.04. The number of aryl methyl sites for hydroxylation is 2. The summed E-state index contributed by atoms with van der Waals surface area (Å²) in [6, 6.07) is 29.1. The van der Waals surface area contributed by atoms with E-state index in [0.717, 1.165) is 64.3 Å². The minimum atomic E-state index is 0.676. The van der Waals surface area contributed by atoms with Crippen molar-refractivity contribution in [1.82, 2.24) is 14.2 Å². The molecule has 168 valence electrons. The van der Waals surface area contributed by atoms with Crippen LogP contribution in [-0.2, 0) is 13.0 Å². The molecule has 3 aromatic carbocycles. The highest BCUT2D eigenvalue weighted by atomic mass is 79.9. The molecule has 1 N–H and O–H groups in total. The Morgan fingerprint density at radius 2 is 1.56 bits per heavy atom. The van der Waals surface area contributed by atoms with Crippen LogP contribution >= 0.6 is 28.1 Å². The lowest BCUT2D eigenvalue weighted by atomic mass is 9.98. The lowest BCUT2D eigenvalue weighted by Crippen LogP contribution is -2.14. The van der Waals surface area contributed by atoms with Crippen LogP contribution in [0.3, 0.4) is 0 Å². The fraction of sp³-hybridized carbons (Fsp3) is 0.143. The summed E-state index contributed by atoms with van der Waals surface area (Å²) in [5, 5.41) is 8.63. The molecule has 0 spiro atoms. The molecule has 3 heterocycles. The zero-order valence-electron chi connectivity index (χ0n) is 18.5. The maximum absolute atomic E-state index is 6.04. The van der Waals surface area contributed by atoms with Crippen LogP contribution in [-0.4, -0.2) is 19.2 Å². The SMILES string of the molecule is S=C(Nc1ccccc1)c1c(-c2ccc(Br)cc2)c2c3n(c(-c4ccccc4)nn13)CCCC2. The fourth-order valence-electron chi connectivity index (χ4n) is 4.89. The van der Waals surface area contributed by atoms with Crippen molar-refractivity contribution in [3.05, 3.63) is 101 Å². The van der Waals surface area contributed by atoms with Crippen LogP contribution in [0.2, 0.25) is 0 Å². The van der Waals surface area contributed by atoms with E-state index in [1.807, 2.05) is 36.4 Å². The van der Waals surface area contributed by atoms with Crippen molar-refractivity contribution >= 4 is 44.5 Å². The first kappa shape index (κ1) is 21.3. The Bertz CT molecular complexity index is 1490. The number of nitrogens with one attached hydrogen (secondary N) is 1. The molecule has 4 nitrogen and oxygen atoms in total. The molecule has 2 aromatic heterocycles. The minimum Gasteiger partial charge on any atom is -0.345 e. The van der Waals surface area contributed by atoms with Crippen LogP contribution < -0.4 is 5.32 Å². The third-order valence-corrected chi connectivity index (χ3v) is 7.22. The van der Waals surface area contributed by atoms with Gasteiger partial charge in [0.15, 0.2) is 5.82 Å². The van der Waals surface area contributed by atoms with E-state index in [1.54, 1.807) is 0 Å². The molecule has 0 radical (unpaired) electrons. The lowest BCUT2D eigenvalue weighted by molar-refractivity contribution is 0.645. The molecule has 0 bridgehead atoms.